The second kappa shape index (κ2) is 8.85. The highest BCUT2D eigenvalue weighted by atomic mass is 35.5. The lowest BCUT2D eigenvalue weighted by atomic mass is 10.2. The number of nitrogens with two attached hydrogens (primary N) is 1. The van der Waals surface area contributed by atoms with Crippen LogP contribution in [0.3, 0.4) is 0 Å². The monoisotopic (exact) mass is 444 g/mol. The van der Waals surface area contributed by atoms with Crippen molar-refractivity contribution in [2.75, 3.05) is 15.4 Å². The molecule has 0 aromatic heterocycles. The SMILES string of the molecule is NC(=O)Nc1ccc(C(=O)Nc2cccc(S(=O)(=O)Nc3ccccc3Cl)c2)cc1. The normalized spacial score (nSPS) is 10.8. The number of anilines is 3. The highest BCUT2D eigenvalue weighted by molar-refractivity contribution is 7.92. The molecule has 154 valence electrons. The molecule has 10 heteroatoms. The highest BCUT2D eigenvalue weighted by Crippen LogP contribution is 2.25. The van der Waals surface area contributed by atoms with Crippen LogP contribution in [0.15, 0.2) is 77.7 Å². The van der Waals surface area contributed by atoms with Crippen molar-refractivity contribution in [3.8, 4) is 0 Å². The van der Waals surface area contributed by atoms with E-state index in [4.69, 9.17) is 17.3 Å². The lowest BCUT2D eigenvalue weighted by Crippen LogP contribution is -2.19. The van der Waals surface area contributed by atoms with Crippen LogP contribution in [0, 0.1) is 0 Å². The van der Waals surface area contributed by atoms with Crippen LogP contribution in [0.2, 0.25) is 5.02 Å². The molecule has 0 aliphatic carbocycles. The largest absolute Gasteiger partial charge is 0.351 e. The molecule has 3 amide bonds. The third kappa shape index (κ3) is 5.28. The molecule has 0 saturated carbocycles. The number of hydrogen-bond acceptors (Lipinski definition) is 4. The van der Waals surface area contributed by atoms with Crippen molar-refractivity contribution >= 4 is 50.6 Å². The Morgan fingerprint density at radius 3 is 2.20 bits per heavy atom. The van der Waals surface area contributed by atoms with Crippen molar-refractivity contribution in [3.05, 3.63) is 83.4 Å². The molecule has 0 unspecified atom stereocenters. The number of nitrogens with one attached hydrogen (secondary N) is 3. The minimum Gasteiger partial charge on any atom is -0.351 e. The Morgan fingerprint density at radius 1 is 0.833 bits per heavy atom. The molecule has 5 N–H and O–H groups in total. The second-order valence-electron chi connectivity index (χ2n) is 6.13. The van der Waals surface area contributed by atoms with Crippen LogP contribution in [-0.4, -0.2) is 20.4 Å². The maximum atomic E-state index is 12.7. The molecular weight excluding hydrogens is 428 g/mol. The van der Waals surface area contributed by atoms with Gasteiger partial charge in [0.1, 0.15) is 0 Å². The minimum atomic E-state index is -3.91. The van der Waals surface area contributed by atoms with Crippen LogP contribution in [0.4, 0.5) is 21.9 Å². The summed E-state index contributed by atoms with van der Waals surface area (Å²) in [6.07, 6.45) is 0. The van der Waals surface area contributed by atoms with E-state index in [0.29, 0.717) is 16.9 Å². The zero-order valence-electron chi connectivity index (χ0n) is 15.4. The van der Waals surface area contributed by atoms with Gasteiger partial charge in [0, 0.05) is 16.9 Å². The molecule has 0 heterocycles. The summed E-state index contributed by atoms with van der Waals surface area (Å²) < 4.78 is 27.7. The van der Waals surface area contributed by atoms with Crippen molar-refractivity contribution in [3.63, 3.8) is 0 Å². The van der Waals surface area contributed by atoms with Gasteiger partial charge >= 0.3 is 6.03 Å². The van der Waals surface area contributed by atoms with E-state index < -0.39 is 22.0 Å². The number of hydrogen-bond donors (Lipinski definition) is 4. The fraction of sp³-hybridized carbons (Fsp3) is 0. The van der Waals surface area contributed by atoms with Crippen LogP contribution >= 0.6 is 11.6 Å². The highest BCUT2D eigenvalue weighted by Gasteiger charge is 2.17. The molecule has 0 aliphatic heterocycles. The van der Waals surface area contributed by atoms with E-state index in [1.807, 2.05) is 0 Å². The predicted octanol–water partition coefficient (Wildman–Crippen LogP) is 3.88. The van der Waals surface area contributed by atoms with E-state index in [2.05, 4.69) is 15.4 Å². The zero-order chi connectivity index (χ0) is 21.7. The lowest BCUT2D eigenvalue weighted by molar-refractivity contribution is 0.102. The molecule has 0 radical (unpaired) electrons. The molecular formula is C20H17ClN4O4S. The topological polar surface area (TPSA) is 130 Å². The minimum absolute atomic E-state index is 0.0405. The maximum absolute atomic E-state index is 12.7. The first-order chi connectivity index (χ1) is 14.2. The zero-order valence-corrected chi connectivity index (χ0v) is 17.0. The Balaban J connectivity index is 1.75. The number of benzene rings is 3. The number of halogens is 1. The summed E-state index contributed by atoms with van der Waals surface area (Å²) in [6, 6.07) is 17.6. The Morgan fingerprint density at radius 2 is 1.53 bits per heavy atom. The van der Waals surface area contributed by atoms with Crippen molar-refractivity contribution in [2.24, 2.45) is 5.73 Å². The number of carbonyl (C=O) groups is 2. The summed E-state index contributed by atoms with van der Waals surface area (Å²) in [6.45, 7) is 0. The van der Waals surface area contributed by atoms with Gasteiger partial charge in [-0.05, 0) is 54.6 Å². The van der Waals surface area contributed by atoms with Crippen LogP contribution in [-0.2, 0) is 10.0 Å². The molecule has 8 nitrogen and oxygen atoms in total. The summed E-state index contributed by atoms with van der Waals surface area (Å²) in [5.74, 6) is -0.450. The smallest absolute Gasteiger partial charge is 0.316 e. The summed E-state index contributed by atoms with van der Waals surface area (Å²) in [4.78, 5) is 23.2. The number of amides is 3. The van der Waals surface area contributed by atoms with Gasteiger partial charge in [-0.3, -0.25) is 9.52 Å². The van der Waals surface area contributed by atoms with Gasteiger partial charge in [0.05, 0.1) is 15.6 Å². The van der Waals surface area contributed by atoms with Gasteiger partial charge in [-0.1, -0.05) is 29.8 Å². The van der Waals surface area contributed by atoms with Crippen LogP contribution < -0.4 is 21.1 Å². The number of para-hydroxylation sites is 1. The summed E-state index contributed by atoms with van der Waals surface area (Å²) in [7, 11) is -3.91. The molecule has 0 saturated heterocycles. The number of primary amides is 1. The Labute approximate surface area is 178 Å². The van der Waals surface area contributed by atoms with Crippen molar-refractivity contribution in [2.45, 2.75) is 4.90 Å². The van der Waals surface area contributed by atoms with E-state index in [1.165, 1.54) is 42.5 Å². The van der Waals surface area contributed by atoms with Gasteiger partial charge in [0.25, 0.3) is 15.9 Å². The molecule has 3 aromatic carbocycles. The van der Waals surface area contributed by atoms with Crippen LogP contribution in [0.25, 0.3) is 0 Å². The fourth-order valence-electron chi connectivity index (χ4n) is 2.54. The third-order valence-corrected chi connectivity index (χ3v) is 5.63. The predicted molar refractivity (Wildman–Crippen MR) is 116 cm³/mol. The number of carbonyl (C=O) groups excluding carboxylic acids is 2. The van der Waals surface area contributed by atoms with Gasteiger partial charge in [-0.15, -0.1) is 0 Å². The van der Waals surface area contributed by atoms with Gasteiger partial charge in [-0.25, -0.2) is 13.2 Å². The maximum Gasteiger partial charge on any atom is 0.316 e. The molecule has 0 spiro atoms. The first-order valence-electron chi connectivity index (χ1n) is 8.60. The molecule has 30 heavy (non-hydrogen) atoms. The number of sulfonamides is 1. The first-order valence-corrected chi connectivity index (χ1v) is 10.5. The van der Waals surface area contributed by atoms with E-state index in [0.717, 1.165) is 0 Å². The Kier molecular flexibility index (Phi) is 6.24. The van der Waals surface area contributed by atoms with Crippen molar-refractivity contribution < 1.29 is 18.0 Å². The van der Waals surface area contributed by atoms with Crippen LogP contribution in [0.1, 0.15) is 10.4 Å². The van der Waals surface area contributed by atoms with Gasteiger partial charge in [0.15, 0.2) is 0 Å². The molecule has 0 atom stereocenters. The summed E-state index contributed by atoms with van der Waals surface area (Å²) >= 11 is 6.01. The van der Waals surface area contributed by atoms with Gasteiger partial charge in [-0.2, -0.15) is 0 Å². The quantitative estimate of drug-likeness (QED) is 0.459. The lowest BCUT2D eigenvalue weighted by Gasteiger charge is -2.11. The van der Waals surface area contributed by atoms with Crippen molar-refractivity contribution in [1.29, 1.82) is 0 Å². The molecule has 0 fully saturated rings. The van der Waals surface area contributed by atoms with E-state index >= 15 is 0 Å². The van der Waals surface area contributed by atoms with E-state index in [1.54, 1.807) is 30.3 Å². The van der Waals surface area contributed by atoms with Gasteiger partial charge < -0.3 is 16.4 Å². The van der Waals surface area contributed by atoms with E-state index in [-0.39, 0.29) is 15.6 Å². The average Bonchev–Trinajstić information content (AvgIpc) is 2.70. The fourth-order valence-corrected chi connectivity index (χ4v) is 3.90. The third-order valence-electron chi connectivity index (χ3n) is 3.94. The average molecular weight is 445 g/mol. The van der Waals surface area contributed by atoms with Crippen molar-refractivity contribution in [1.82, 2.24) is 0 Å². The summed E-state index contributed by atoms with van der Waals surface area (Å²) in [5.41, 5.74) is 6.34. The van der Waals surface area contributed by atoms with E-state index in [9.17, 15) is 18.0 Å². The molecule has 0 bridgehead atoms. The summed E-state index contributed by atoms with van der Waals surface area (Å²) in [5, 5.41) is 5.29. The standard InChI is InChI=1S/C20H17ClN4O4S/c21-17-6-1-2-7-18(17)25-30(28,29)16-5-3-4-15(12-16)23-19(26)13-8-10-14(11-9-13)24-20(22)27/h1-12,25H,(H,23,26)(H3,22,24,27). The Hall–Kier alpha value is -3.56. The molecule has 3 aromatic rings. The molecule has 0 aliphatic rings. The number of rotatable bonds is 6. The van der Waals surface area contributed by atoms with Gasteiger partial charge in [0.2, 0.25) is 0 Å². The number of urea groups is 1. The Bertz CT molecular complexity index is 1200. The second-order valence-corrected chi connectivity index (χ2v) is 8.22. The van der Waals surface area contributed by atoms with Crippen LogP contribution in [0.5, 0.6) is 0 Å². The first kappa shape index (κ1) is 21.2. The molecule has 3 rings (SSSR count).